The van der Waals surface area contributed by atoms with Crippen molar-refractivity contribution in [3.8, 4) is 11.5 Å². The highest BCUT2D eigenvalue weighted by molar-refractivity contribution is 5.89. The predicted octanol–water partition coefficient (Wildman–Crippen LogP) is 2.08. The molecule has 1 aromatic carbocycles. The first kappa shape index (κ1) is 19.1. The molecule has 6 heteroatoms. The summed E-state index contributed by atoms with van der Waals surface area (Å²) in [5.74, 6) is 1.81. The monoisotopic (exact) mass is 348 g/mol. The molecule has 1 heterocycles. The molecule has 2 rings (SSSR count). The number of benzene rings is 1. The molecular formula is C19H28N2O4. The van der Waals surface area contributed by atoms with Crippen LogP contribution in [0.3, 0.4) is 0 Å². The van der Waals surface area contributed by atoms with Gasteiger partial charge in [0.05, 0.1) is 19.6 Å². The van der Waals surface area contributed by atoms with Crippen LogP contribution < -0.4 is 14.8 Å². The Morgan fingerprint density at radius 2 is 1.96 bits per heavy atom. The van der Waals surface area contributed by atoms with Crippen LogP contribution in [0.25, 0.3) is 0 Å². The minimum absolute atomic E-state index is 0.0706. The highest BCUT2D eigenvalue weighted by atomic mass is 16.5. The second-order valence-electron chi connectivity index (χ2n) is 6.74. The fourth-order valence-corrected chi connectivity index (χ4v) is 2.74. The van der Waals surface area contributed by atoms with Crippen molar-refractivity contribution in [3.63, 3.8) is 0 Å². The molecule has 0 bridgehead atoms. The van der Waals surface area contributed by atoms with Gasteiger partial charge in [0, 0.05) is 19.5 Å². The van der Waals surface area contributed by atoms with Gasteiger partial charge in [-0.25, -0.2) is 0 Å². The molecule has 0 aliphatic carbocycles. The number of hydrogen-bond donors (Lipinski definition) is 1. The Bertz CT molecular complexity index is 571. The molecule has 1 N–H and O–H groups in total. The van der Waals surface area contributed by atoms with Gasteiger partial charge < -0.3 is 19.7 Å². The van der Waals surface area contributed by atoms with E-state index in [0.717, 1.165) is 24.5 Å². The Morgan fingerprint density at radius 3 is 2.60 bits per heavy atom. The van der Waals surface area contributed by atoms with Crippen LogP contribution in [-0.2, 0) is 9.59 Å². The average molecular weight is 348 g/mol. The lowest BCUT2D eigenvalue weighted by atomic mass is 10.1. The Morgan fingerprint density at radius 1 is 1.28 bits per heavy atom. The second-order valence-corrected chi connectivity index (χ2v) is 6.74. The van der Waals surface area contributed by atoms with Crippen LogP contribution in [-0.4, -0.2) is 50.1 Å². The normalized spacial score (nSPS) is 17.0. The lowest BCUT2D eigenvalue weighted by molar-refractivity contribution is -0.129. The fourth-order valence-electron chi connectivity index (χ4n) is 2.74. The molecule has 0 spiro atoms. The molecule has 0 radical (unpaired) electrons. The van der Waals surface area contributed by atoms with E-state index >= 15 is 0 Å². The zero-order valence-corrected chi connectivity index (χ0v) is 15.3. The van der Waals surface area contributed by atoms with Crippen molar-refractivity contribution in [2.45, 2.75) is 26.7 Å². The Balaban J connectivity index is 1.67. The highest BCUT2D eigenvalue weighted by Crippen LogP contribution is 2.19. The fraction of sp³-hybridized carbons (Fsp3) is 0.579. The summed E-state index contributed by atoms with van der Waals surface area (Å²) >= 11 is 0. The van der Waals surface area contributed by atoms with Gasteiger partial charge in [0.25, 0.3) is 0 Å². The predicted molar refractivity (Wildman–Crippen MR) is 95.6 cm³/mol. The van der Waals surface area contributed by atoms with Gasteiger partial charge >= 0.3 is 0 Å². The number of ether oxygens (including phenoxy) is 2. The summed E-state index contributed by atoms with van der Waals surface area (Å²) in [6, 6.07) is 7.29. The SMILES string of the molecule is COc1ccc(OCCNC(=O)C2CC(=O)N(CCC(C)C)C2)cc1. The molecule has 1 saturated heterocycles. The molecule has 0 saturated carbocycles. The van der Waals surface area contributed by atoms with Gasteiger partial charge in [0.2, 0.25) is 11.8 Å². The van der Waals surface area contributed by atoms with Gasteiger partial charge in [-0.2, -0.15) is 0 Å². The lowest BCUT2D eigenvalue weighted by Gasteiger charge is -2.17. The number of rotatable bonds is 9. The first-order chi connectivity index (χ1) is 12.0. The number of carbonyl (C=O) groups excluding carboxylic acids is 2. The van der Waals surface area contributed by atoms with Crippen molar-refractivity contribution < 1.29 is 19.1 Å². The molecule has 6 nitrogen and oxygen atoms in total. The number of nitrogens with one attached hydrogen (secondary N) is 1. The Hall–Kier alpha value is -2.24. The van der Waals surface area contributed by atoms with Gasteiger partial charge in [-0.05, 0) is 36.6 Å². The smallest absolute Gasteiger partial charge is 0.225 e. The maximum Gasteiger partial charge on any atom is 0.225 e. The summed E-state index contributed by atoms with van der Waals surface area (Å²) in [7, 11) is 1.61. The molecule has 1 unspecified atom stereocenters. The molecule has 0 aromatic heterocycles. The van der Waals surface area contributed by atoms with Crippen molar-refractivity contribution in [2.24, 2.45) is 11.8 Å². The van der Waals surface area contributed by atoms with Crippen molar-refractivity contribution in [2.75, 3.05) is 33.4 Å². The van der Waals surface area contributed by atoms with E-state index in [0.29, 0.717) is 32.0 Å². The number of hydrogen-bond acceptors (Lipinski definition) is 4. The van der Waals surface area contributed by atoms with Gasteiger partial charge in [0.1, 0.15) is 18.1 Å². The molecule has 1 atom stereocenters. The summed E-state index contributed by atoms with van der Waals surface area (Å²) in [6.07, 6.45) is 1.28. The number of methoxy groups -OCH3 is 1. The van der Waals surface area contributed by atoms with E-state index in [9.17, 15) is 9.59 Å². The third kappa shape index (κ3) is 5.96. The number of nitrogens with zero attached hydrogens (tertiary/aromatic N) is 1. The first-order valence-corrected chi connectivity index (χ1v) is 8.82. The van der Waals surface area contributed by atoms with Crippen LogP contribution in [0.1, 0.15) is 26.7 Å². The molecule has 2 amide bonds. The van der Waals surface area contributed by atoms with Gasteiger partial charge in [-0.1, -0.05) is 13.8 Å². The van der Waals surface area contributed by atoms with Crippen LogP contribution in [0, 0.1) is 11.8 Å². The van der Waals surface area contributed by atoms with Crippen molar-refractivity contribution in [1.82, 2.24) is 10.2 Å². The molecule has 1 aliphatic heterocycles. The van der Waals surface area contributed by atoms with Crippen molar-refractivity contribution in [3.05, 3.63) is 24.3 Å². The van der Waals surface area contributed by atoms with E-state index in [1.807, 2.05) is 24.3 Å². The van der Waals surface area contributed by atoms with E-state index in [1.54, 1.807) is 12.0 Å². The third-order valence-corrected chi connectivity index (χ3v) is 4.29. The number of amides is 2. The highest BCUT2D eigenvalue weighted by Gasteiger charge is 2.33. The largest absolute Gasteiger partial charge is 0.497 e. The van der Waals surface area contributed by atoms with Crippen LogP contribution in [0.5, 0.6) is 11.5 Å². The Kier molecular flexibility index (Phi) is 7.10. The van der Waals surface area contributed by atoms with E-state index < -0.39 is 0 Å². The summed E-state index contributed by atoms with van der Waals surface area (Å²) in [5, 5.41) is 2.86. The Labute approximate surface area is 149 Å². The zero-order chi connectivity index (χ0) is 18.2. The third-order valence-electron chi connectivity index (χ3n) is 4.29. The van der Waals surface area contributed by atoms with Gasteiger partial charge in [-0.3, -0.25) is 9.59 Å². The summed E-state index contributed by atoms with van der Waals surface area (Å²) in [4.78, 5) is 26.0. The molecule has 1 fully saturated rings. The van der Waals surface area contributed by atoms with Gasteiger partial charge in [-0.15, -0.1) is 0 Å². The van der Waals surface area contributed by atoms with E-state index in [4.69, 9.17) is 9.47 Å². The van der Waals surface area contributed by atoms with Crippen LogP contribution in [0.2, 0.25) is 0 Å². The van der Waals surface area contributed by atoms with E-state index in [1.165, 1.54) is 0 Å². The van der Waals surface area contributed by atoms with Crippen molar-refractivity contribution in [1.29, 1.82) is 0 Å². The van der Waals surface area contributed by atoms with Crippen LogP contribution in [0.15, 0.2) is 24.3 Å². The maximum atomic E-state index is 12.2. The standard InChI is InChI=1S/C19H28N2O4/c1-14(2)8-10-21-13-15(12-18(21)22)19(23)20-9-11-25-17-6-4-16(24-3)5-7-17/h4-7,14-15H,8-13H2,1-3H3,(H,20,23). The average Bonchev–Trinajstić information content (AvgIpc) is 2.98. The topological polar surface area (TPSA) is 67.9 Å². The molecular weight excluding hydrogens is 320 g/mol. The molecule has 1 aromatic rings. The molecule has 1 aliphatic rings. The number of likely N-dealkylation sites (tertiary alicyclic amines) is 1. The zero-order valence-electron chi connectivity index (χ0n) is 15.3. The summed E-state index contributed by atoms with van der Waals surface area (Å²) in [5.41, 5.74) is 0. The minimum atomic E-state index is -0.249. The molecule has 138 valence electrons. The minimum Gasteiger partial charge on any atom is -0.497 e. The lowest BCUT2D eigenvalue weighted by Crippen LogP contribution is -2.35. The number of carbonyl (C=O) groups is 2. The second kappa shape index (κ2) is 9.30. The maximum absolute atomic E-state index is 12.2. The molecule has 25 heavy (non-hydrogen) atoms. The quantitative estimate of drug-likeness (QED) is 0.694. The van der Waals surface area contributed by atoms with E-state index in [-0.39, 0.29) is 17.7 Å². The van der Waals surface area contributed by atoms with Crippen LogP contribution >= 0.6 is 0 Å². The van der Waals surface area contributed by atoms with E-state index in [2.05, 4.69) is 19.2 Å². The van der Waals surface area contributed by atoms with Gasteiger partial charge in [0.15, 0.2) is 0 Å². The summed E-state index contributed by atoms with van der Waals surface area (Å²) < 4.78 is 10.7. The van der Waals surface area contributed by atoms with Crippen molar-refractivity contribution >= 4 is 11.8 Å². The summed E-state index contributed by atoms with van der Waals surface area (Å²) in [6.45, 7) is 6.33. The first-order valence-electron chi connectivity index (χ1n) is 8.82. The van der Waals surface area contributed by atoms with Crippen LogP contribution in [0.4, 0.5) is 0 Å².